The second-order valence-corrected chi connectivity index (χ2v) is 5.52. The van der Waals surface area contributed by atoms with Gasteiger partial charge in [-0.05, 0) is 55.8 Å². The van der Waals surface area contributed by atoms with Gasteiger partial charge in [0.2, 0.25) is 0 Å². The van der Waals surface area contributed by atoms with Crippen LogP contribution in [0.2, 0.25) is 0 Å². The third-order valence-corrected chi connectivity index (χ3v) is 3.59. The molecule has 126 valence electrons. The first-order chi connectivity index (χ1) is 11.4. The van der Waals surface area contributed by atoms with Gasteiger partial charge in [0.05, 0.1) is 12.1 Å². The zero-order valence-corrected chi connectivity index (χ0v) is 13.4. The Hall–Kier alpha value is -2.73. The van der Waals surface area contributed by atoms with Gasteiger partial charge in [-0.15, -0.1) is 0 Å². The minimum atomic E-state index is -0.962. The highest BCUT2D eigenvalue weighted by Crippen LogP contribution is 2.17. The fraction of sp³-hybridized carbons (Fsp3) is 0.222. The number of nitrogens with one attached hydrogen (secondary N) is 2. The Morgan fingerprint density at radius 3 is 2.17 bits per heavy atom. The van der Waals surface area contributed by atoms with Crippen molar-refractivity contribution in [2.24, 2.45) is 0 Å². The van der Waals surface area contributed by atoms with Crippen LogP contribution in [0.5, 0.6) is 0 Å². The van der Waals surface area contributed by atoms with E-state index in [1.54, 1.807) is 31.2 Å². The maximum atomic E-state index is 12.9. The highest BCUT2D eigenvalue weighted by molar-refractivity contribution is 5.95. The number of amides is 2. The summed E-state index contributed by atoms with van der Waals surface area (Å²) < 4.78 is 12.9. The van der Waals surface area contributed by atoms with Crippen molar-refractivity contribution in [1.29, 1.82) is 0 Å². The van der Waals surface area contributed by atoms with E-state index in [2.05, 4.69) is 10.6 Å². The summed E-state index contributed by atoms with van der Waals surface area (Å²) in [5.74, 6) is -0.444. The van der Waals surface area contributed by atoms with E-state index in [-0.39, 0.29) is 5.78 Å². The molecule has 0 aliphatic heterocycles. The fourth-order valence-electron chi connectivity index (χ4n) is 2.19. The van der Waals surface area contributed by atoms with Crippen LogP contribution in [-0.4, -0.2) is 23.0 Å². The van der Waals surface area contributed by atoms with Crippen LogP contribution >= 0.6 is 0 Å². The predicted octanol–water partition coefficient (Wildman–Crippen LogP) is 3.27. The standard InChI is InChI=1S/C18H19FN2O3/c1-11(17(23)14-3-7-15(19)8-4-14)20-18(24)21-16-9-5-13(6-10-16)12(2)22/h3-11,17,23H,1-2H3,(H2,20,21,24). The van der Waals surface area contributed by atoms with Gasteiger partial charge < -0.3 is 15.7 Å². The third kappa shape index (κ3) is 4.63. The van der Waals surface area contributed by atoms with E-state index >= 15 is 0 Å². The third-order valence-electron chi connectivity index (χ3n) is 3.59. The van der Waals surface area contributed by atoms with Crippen LogP contribution in [0.4, 0.5) is 14.9 Å². The van der Waals surface area contributed by atoms with E-state index in [9.17, 15) is 19.1 Å². The maximum absolute atomic E-state index is 12.9. The number of hydrogen-bond acceptors (Lipinski definition) is 3. The summed E-state index contributed by atoms with van der Waals surface area (Å²) in [7, 11) is 0. The minimum absolute atomic E-state index is 0.0537. The van der Waals surface area contributed by atoms with E-state index < -0.39 is 24.0 Å². The van der Waals surface area contributed by atoms with E-state index in [1.165, 1.54) is 31.2 Å². The number of ketones is 1. The molecule has 3 N–H and O–H groups in total. The van der Waals surface area contributed by atoms with Crippen LogP contribution in [0, 0.1) is 5.82 Å². The molecule has 0 saturated carbocycles. The summed E-state index contributed by atoms with van der Waals surface area (Å²) in [6, 6.07) is 10.9. The smallest absolute Gasteiger partial charge is 0.319 e. The topological polar surface area (TPSA) is 78.4 Å². The Kier molecular flexibility index (Phi) is 5.65. The van der Waals surface area contributed by atoms with Gasteiger partial charge in [-0.2, -0.15) is 0 Å². The summed E-state index contributed by atoms with van der Waals surface area (Å²) in [5.41, 5.74) is 1.59. The number of carbonyl (C=O) groups is 2. The molecule has 0 saturated heterocycles. The second-order valence-electron chi connectivity index (χ2n) is 5.52. The van der Waals surface area contributed by atoms with Gasteiger partial charge in [-0.3, -0.25) is 4.79 Å². The molecule has 2 aromatic carbocycles. The summed E-state index contributed by atoms with van der Waals surface area (Å²) in [6.45, 7) is 3.11. The van der Waals surface area contributed by atoms with Crippen molar-refractivity contribution in [3.8, 4) is 0 Å². The molecule has 0 heterocycles. The average molecular weight is 330 g/mol. The van der Waals surface area contributed by atoms with Crippen LogP contribution in [-0.2, 0) is 0 Å². The summed E-state index contributed by atoms with van der Waals surface area (Å²) >= 11 is 0. The molecule has 0 spiro atoms. The summed E-state index contributed by atoms with van der Waals surface area (Å²) in [5, 5.41) is 15.4. The van der Waals surface area contributed by atoms with Crippen molar-refractivity contribution in [1.82, 2.24) is 5.32 Å². The van der Waals surface area contributed by atoms with Crippen molar-refractivity contribution in [3.63, 3.8) is 0 Å². The number of urea groups is 1. The first kappa shape index (κ1) is 17.6. The van der Waals surface area contributed by atoms with Crippen LogP contribution in [0.1, 0.15) is 35.9 Å². The maximum Gasteiger partial charge on any atom is 0.319 e. The van der Waals surface area contributed by atoms with Gasteiger partial charge in [-0.25, -0.2) is 9.18 Å². The molecule has 6 heteroatoms. The molecular formula is C18H19FN2O3. The fourth-order valence-corrected chi connectivity index (χ4v) is 2.19. The molecule has 2 rings (SSSR count). The molecule has 0 bridgehead atoms. The lowest BCUT2D eigenvalue weighted by molar-refractivity contribution is 0.101. The lowest BCUT2D eigenvalue weighted by Crippen LogP contribution is -2.39. The number of aliphatic hydroxyl groups excluding tert-OH is 1. The van der Waals surface area contributed by atoms with Crippen LogP contribution in [0.25, 0.3) is 0 Å². The molecule has 0 aromatic heterocycles. The Morgan fingerprint density at radius 2 is 1.62 bits per heavy atom. The average Bonchev–Trinajstić information content (AvgIpc) is 2.55. The second kappa shape index (κ2) is 7.70. The molecule has 0 fully saturated rings. The molecule has 0 radical (unpaired) electrons. The van der Waals surface area contributed by atoms with E-state index in [1.807, 2.05) is 0 Å². The summed E-state index contributed by atoms with van der Waals surface area (Å²) in [4.78, 5) is 23.2. The number of hydrogen-bond donors (Lipinski definition) is 3. The Bertz CT molecular complexity index is 714. The largest absolute Gasteiger partial charge is 0.386 e. The minimum Gasteiger partial charge on any atom is -0.386 e. The number of benzene rings is 2. The van der Waals surface area contributed by atoms with Crippen molar-refractivity contribution in [2.75, 3.05) is 5.32 Å². The number of carbonyl (C=O) groups excluding carboxylic acids is 2. The number of halogens is 1. The van der Waals surface area contributed by atoms with Gasteiger partial charge in [-0.1, -0.05) is 12.1 Å². The Labute approximate surface area is 139 Å². The van der Waals surface area contributed by atoms with Crippen molar-refractivity contribution >= 4 is 17.5 Å². The number of anilines is 1. The first-order valence-electron chi connectivity index (χ1n) is 7.49. The molecule has 2 atom stereocenters. The van der Waals surface area contributed by atoms with E-state index in [0.717, 1.165) is 0 Å². The molecule has 0 aliphatic carbocycles. The number of aliphatic hydroxyl groups is 1. The van der Waals surface area contributed by atoms with Crippen molar-refractivity contribution < 1.29 is 19.1 Å². The molecule has 2 unspecified atom stereocenters. The zero-order valence-electron chi connectivity index (χ0n) is 13.4. The highest BCUT2D eigenvalue weighted by atomic mass is 19.1. The van der Waals surface area contributed by atoms with E-state index in [4.69, 9.17) is 0 Å². The molecule has 24 heavy (non-hydrogen) atoms. The van der Waals surface area contributed by atoms with Gasteiger partial charge >= 0.3 is 6.03 Å². The molecule has 5 nitrogen and oxygen atoms in total. The normalized spacial score (nSPS) is 13.0. The molecule has 2 amide bonds. The van der Waals surface area contributed by atoms with Gasteiger partial charge in [0.15, 0.2) is 5.78 Å². The molecule has 0 aliphatic rings. The van der Waals surface area contributed by atoms with Crippen LogP contribution < -0.4 is 10.6 Å². The molecular weight excluding hydrogens is 311 g/mol. The monoisotopic (exact) mass is 330 g/mol. The summed E-state index contributed by atoms with van der Waals surface area (Å²) in [6.07, 6.45) is -0.962. The number of rotatable bonds is 5. The first-order valence-corrected chi connectivity index (χ1v) is 7.49. The van der Waals surface area contributed by atoms with Gasteiger partial charge in [0.25, 0.3) is 0 Å². The van der Waals surface area contributed by atoms with Gasteiger partial charge in [0, 0.05) is 11.3 Å². The molecule has 2 aromatic rings. The predicted molar refractivity (Wildman–Crippen MR) is 89.4 cm³/mol. The van der Waals surface area contributed by atoms with E-state index in [0.29, 0.717) is 16.8 Å². The lowest BCUT2D eigenvalue weighted by Gasteiger charge is -2.21. The zero-order chi connectivity index (χ0) is 17.7. The van der Waals surface area contributed by atoms with Crippen molar-refractivity contribution in [3.05, 3.63) is 65.5 Å². The highest BCUT2D eigenvalue weighted by Gasteiger charge is 2.18. The van der Waals surface area contributed by atoms with Crippen LogP contribution in [0.15, 0.2) is 48.5 Å². The van der Waals surface area contributed by atoms with Crippen molar-refractivity contribution in [2.45, 2.75) is 26.0 Å². The van der Waals surface area contributed by atoms with Gasteiger partial charge in [0.1, 0.15) is 5.82 Å². The SMILES string of the molecule is CC(=O)c1ccc(NC(=O)NC(C)C(O)c2ccc(F)cc2)cc1. The lowest BCUT2D eigenvalue weighted by atomic mass is 10.0. The quantitative estimate of drug-likeness (QED) is 0.736. The Morgan fingerprint density at radius 1 is 1.04 bits per heavy atom. The van der Waals surface area contributed by atoms with Crippen LogP contribution in [0.3, 0.4) is 0 Å². The Balaban J connectivity index is 1.93. The number of Topliss-reactive ketones (excluding diaryl/α,β-unsaturated/α-hetero) is 1.